The molecular formula is C105H75CuF24N4. The van der Waals surface area contributed by atoms with Gasteiger partial charge < -0.3 is 19.9 Å². The Kier molecular flexibility index (Phi) is 28.9. The van der Waals surface area contributed by atoms with Crippen LogP contribution in [0.15, 0.2) is 285 Å². The molecule has 11 aromatic carbocycles. The molecular weight excluding hydrogens is 1840 g/mol. The number of alkyl halides is 24. The molecule has 0 saturated carbocycles. The van der Waals surface area contributed by atoms with E-state index in [9.17, 15) is 0 Å². The molecule has 16 rings (SSSR count). The summed E-state index contributed by atoms with van der Waals surface area (Å²) in [5.74, 6) is -1.01. The molecule has 0 amide bonds. The maximum atomic E-state index is 15.2. The molecule has 4 aromatic heterocycles. The molecule has 134 heavy (non-hydrogen) atoms. The third-order valence-corrected chi connectivity index (χ3v) is 22.5. The molecule has 0 saturated heterocycles. The zero-order chi connectivity index (χ0) is 95.7. The molecule has 29 heteroatoms. The minimum absolute atomic E-state index is 0. The van der Waals surface area contributed by atoms with Gasteiger partial charge in [0.05, 0.1) is 83.5 Å². The molecule has 15 aromatic rings. The number of aromatic nitrogens is 4. The van der Waals surface area contributed by atoms with Gasteiger partial charge >= 0.3 is 66.5 Å². The van der Waals surface area contributed by atoms with E-state index in [0.717, 1.165) is 97.1 Å². The van der Waals surface area contributed by atoms with Crippen molar-refractivity contribution in [3.05, 3.63) is 398 Å². The van der Waals surface area contributed by atoms with E-state index >= 15 is 105 Å². The first-order valence-corrected chi connectivity index (χ1v) is 42.0. The van der Waals surface area contributed by atoms with E-state index in [1.165, 1.54) is 142 Å². The topological polar surface area (TPSA) is 56.4 Å². The Bertz CT molecular complexity index is 6070. The van der Waals surface area contributed by atoms with Gasteiger partial charge in [-0.1, -0.05) is 103 Å². The van der Waals surface area contributed by atoms with Crippen LogP contribution >= 0.6 is 0 Å². The van der Waals surface area contributed by atoms with E-state index in [0.29, 0.717) is 97.1 Å². The zero-order valence-electron chi connectivity index (χ0n) is 71.0. The van der Waals surface area contributed by atoms with Crippen molar-refractivity contribution in [1.29, 1.82) is 0 Å². The predicted molar refractivity (Wildman–Crippen MR) is 462 cm³/mol. The van der Waals surface area contributed by atoms with Crippen molar-refractivity contribution in [2.24, 2.45) is 0 Å². The Balaban J connectivity index is 0.00000110. The quantitative estimate of drug-likeness (QED) is 0.0395. The summed E-state index contributed by atoms with van der Waals surface area (Å²) in [5.41, 5.74) is -19.6. The Morgan fingerprint density at radius 1 is 0.179 bits per heavy atom. The summed E-state index contributed by atoms with van der Waals surface area (Å²) in [6, 6.07) is 46.9. The van der Waals surface area contributed by atoms with E-state index in [1.54, 1.807) is 0 Å². The molecule has 1 aliphatic carbocycles. The van der Waals surface area contributed by atoms with E-state index in [4.69, 9.17) is 19.9 Å². The van der Waals surface area contributed by atoms with Crippen molar-refractivity contribution in [3.8, 4) is 100 Å². The second-order valence-electron chi connectivity index (χ2n) is 31.5. The summed E-state index contributed by atoms with van der Waals surface area (Å²) in [5, 5.41) is 0. The molecule has 0 aliphatic heterocycles. The van der Waals surface area contributed by atoms with Gasteiger partial charge in [-0.05, 0) is 270 Å². The molecule has 8 bridgehead atoms. The molecule has 0 atom stereocenters. The first-order chi connectivity index (χ1) is 62.9. The molecule has 4 nitrogen and oxygen atoms in total. The van der Waals surface area contributed by atoms with E-state index in [1.807, 2.05) is 0 Å². The van der Waals surface area contributed by atoms with E-state index in [-0.39, 0.29) is 129 Å². The van der Waals surface area contributed by atoms with Crippen molar-refractivity contribution in [2.75, 3.05) is 0 Å². The predicted octanol–water partition coefficient (Wildman–Crippen LogP) is 33.2. The fourth-order valence-corrected chi connectivity index (χ4v) is 16.1. The van der Waals surface area contributed by atoms with Crippen LogP contribution in [0.25, 0.3) is 100 Å². The van der Waals surface area contributed by atoms with Crippen LogP contribution in [0.3, 0.4) is 0 Å². The van der Waals surface area contributed by atoms with Crippen LogP contribution < -0.4 is 19.9 Å². The summed E-state index contributed by atoms with van der Waals surface area (Å²) in [6.45, 7) is 8.93. The largest absolute Gasteiger partial charge is 1.00 e. The van der Waals surface area contributed by atoms with Gasteiger partial charge in [0, 0.05) is 110 Å². The molecule has 0 spiro atoms. The monoisotopic (exact) mass is 1910 g/mol. The summed E-state index contributed by atoms with van der Waals surface area (Å²) in [7, 11) is 0. The van der Waals surface area contributed by atoms with Crippen molar-refractivity contribution >= 4 is 0 Å². The Labute approximate surface area is 765 Å². The summed E-state index contributed by atoms with van der Waals surface area (Å²) in [4.78, 5) is 22.1. The number of nitrogens with zero attached hydrogens (tertiary/aromatic N) is 4. The van der Waals surface area contributed by atoms with Gasteiger partial charge in [-0.2, -0.15) is 105 Å². The second kappa shape index (κ2) is 39.3. The van der Waals surface area contributed by atoms with Crippen LogP contribution in [0.1, 0.15) is 174 Å². The number of benzene rings is 11. The molecule has 0 radical (unpaired) electrons. The second-order valence-corrected chi connectivity index (χ2v) is 31.5. The van der Waals surface area contributed by atoms with Gasteiger partial charge in [0.1, 0.15) is 0 Å². The third kappa shape index (κ3) is 21.0. The average Bonchev–Trinajstić information content (AvgIpc) is 1.54. The van der Waals surface area contributed by atoms with Crippen LogP contribution in [-0.4, -0.2) is 0 Å². The molecule has 4 heterocycles. The number of halogens is 24. The Morgan fingerprint density at radius 2 is 0.313 bits per heavy atom. The molecule has 0 fully saturated rings. The number of hydrogen-bond donors (Lipinski definition) is 0. The van der Waals surface area contributed by atoms with Gasteiger partial charge in [-0.25, -0.2) is 0 Å². The average molecular weight is 1910 g/mol. The standard InChI is InChI=1S/C93H47F24N4.2C6H14.Cu/c94-86(95,96)59-32-16-51(17-33-59)67-69(53-20-36-61(37-21-53)88(100,101)102)80-76(49-12-6-2-7-13-49)82-71(55-24-40-63(41-25-55)90(106,107)108)73(57-28-44-65(45-29-57)92(112,113)114)84(120-82)85-74(58-30-46-66(47-31-58)93(115,116)117)72(56-26-42-64(43-27-56)91(109,110)111)83(121-85)77(50-14-8-3-9-15-50)81-70(54-22-38-62(39-23-54)89(103,104)105)68(52-18-34-60(35-19-52)87(97,98)99)79(119-81)75(78(67)118-80)48-10-4-1-5-11-48;2*1-3-5-6-4-2;/h1-47H;2*3-6H2,1-2H3;/q-1;;;+1. The van der Waals surface area contributed by atoms with Crippen molar-refractivity contribution in [1.82, 2.24) is 19.9 Å². The fraction of sp³-hybridized carbons (Fsp3) is 0.190. The van der Waals surface area contributed by atoms with Gasteiger partial charge in [-0.15, -0.1) is 11.4 Å². The first-order valence-electron chi connectivity index (χ1n) is 42.0. The smallest absolute Gasteiger partial charge is 0.643 e. The number of rotatable bonds is 17. The fourth-order valence-electron chi connectivity index (χ4n) is 16.1. The molecule has 0 unspecified atom stereocenters. The number of unbranched alkanes of at least 4 members (excludes halogenated alkanes) is 6. The molecule has 694 valence electrons. The Hall–Kier alpha value is -13.0. The summed E-state index contributed by atoms with van der Waals surface area (Å²) in [6.07, 6.45) is -29.8. The molecule has 1 aliphatic rings. The summed E-state index contributed by atoms with van der Waals surface area (Å²) < 4.78 is 364. The van der Waals surface area contributed by atoms with Crippen molar-refractivity contribution in [2.45, 2.75) is 128 Å². The van der Waals surface area contributed by atoms with Crippen LogP contribution in [0.4, 0.5) is 105 Å². The SMILES string of the molecule is CCCCCC.CCCCCC.FC(F)(F)c1ccc(-c2c3[n-]c(c2-c2ccc(C(F)(F)F)cc2)[C+](c2ccccc2)c2[n-]c(c(-c4ccc(C(F)(F)F)cc4)c2-c2ccc(C(F)(F)F)cc2)[C+](c2ccccc2)c2[n-]c(c(-c4ccc(C(F)(F)F)cc4)c2-c2ccc(C(F)(F)F)cc2)[C+](c2ccccc2)c2[n-]c-3c(-c3ccc(C(F)(F)F)cc3)c2-c2ccc(C(F)(F)F)cc2)cc1.[Cu+]. The van der Waals surface area contributed by atoms with Crippen molar-refractivity contribution in [3.63, 3.8) is 0 Å². The minimum Gasteiger partial charge on any atom is -0.643 e. The number of hydrogen-bond acceptors (Lipinski definition) is 0. The van der Waals surface area contributed by atoms with Crippen LogP contribution in [0.2, 0.25) is 0 Å². The van der Waals surface area contributed by atoms with Gasteiger partial charge in [0.25, 0.3) is 0 Å². The van der Waals surface area contributed by atoms with Crippen LogP contribution in [-0.2, 0) is 66.5 Å². The van der Waals surface area contributed by atoms with Crippen molar-refractivity contribution < 1.29 is 122 Å². The van der Waals surface area contributed by atoms with E-state index < -0.39 is 151 Å². The zero-order valence-corrected chi connectivity index (χ0v) is 71.9. The first kappa shape index (κ1) is 98.5. The van der Waals surface area contributed by atoms with Crippen LogP contribution in [0.5, 0.6) is 0 Å². The van der Waals surface area contributed by atoms with Gasteiger partial charge in [0.2, 0.25) is 0 Å². The van der Waals surface area contributed by atoms with Gasteiger partial charge in [-0.3, -0.25) is 0 Å². The normalized spacial score (nSPS) is 12.8. The maximum Gasteiger partial charge on any atom is 1.00 e. The third-order valence-electron chi connectivity index (χ3n) is 22.5. The van der Waals surface area contributed by atoms with E-state index in [2.05, 4.69) is 27.7 Å². The van der Waals surface area contributed by atoms with Crippen LogP contribution in [0, 0.1) is 17.8 Å². The number of fused-ring (bicyclic) bond motifs is 13. The summed E-state index contributed by atoms with van der Waals surface area (Å²) >= 11 is 0. The maximum absolute atomic E-state index is 15.2. The Morgan fingerprint density at radius 3 is 0.455 bits per heavy atom. The molecule has 0 N–H and O–H groups in total. The minimum atomic E-state index is -5.12. The van der Waals surface area contributed by atoms with Gasteiger partial charge in [0.15, 0.2) is 0 Å².